The third-order valence-corrected chi connectivity index (χ3v) is 3.68. The van der Waals surface area contributed by atoms with Gasteiger partial charge >= 0.3 is 5.69 Å². The van der Waals surface area contributed by atoms with Gasteiger partial charge in [0.2, 0.25) is 5.92 Å². The molecule has 8 heteroatoms. The number of nitrogens with two attached hydrogens (primary N) is 1. The zero-order valence-corrected chi connectivity index (χ0v) is 9.66. The van der Waals surface area contributed by atoms with E-state index in [1.54, 1.807) is 0 Å². The van der Waals surface area contributed by atoms with E-state index in [1.807, 2.05) is 0 Å². The summed E-state index contributed by atoms with van der Waals surface area (Å²) < 4.78 is 26.4. The van der Waals surface area contributed by atoms with Crippen molar-refractivity contribution in [2.45, 2.75) is 37.0 Å². The van der Waals surface area contributed by atoms with Crippen molar-refractivity contribution >= 4 is 5.69 Å². The third-order valence-electron chi connectivity index (χ3n) is 3.68. The number of hydrogen-bond donors (Lipinski definition) is 2. The van der Waals surface area contributed by atoms with E-state index in [0.29, 0.717) is 0 Å². The maximum absolute atomic E-state index is 13.2. The Balaban J connectivity index is 2.34. The lowest BCUT2D eigenvalue weighted by atomic mass is 9.70. The number of H-pyrrole nitrogens is 1. The van der Waals surface area contributed by atoms with Gasteiger partial charge in [-0.05, 0) is 12.8 Å². The number of rotatable bonds is 3. The number of halogens is 2. The van der Waals surface area contributed by atoms with Gasteiger partial charge in [-0.25, -0.2) is 8.78 Å². The molecule has 18 heavy (non-hydrogen) atoms. The topological polar surface area (TPSA) is 97.8 Å². The Kier molecular flexibility index (Phi) is 3.05. The first-order valence-corrected chi connectivity index (χ1v) is 5.66. The Morgan fingerprint density at radius 1 is 1.44 bits per heavy atom. The van der Waals surface area contributed by atoms with Crippen molar-refractivity contribution < 1.29 is 13.7 Å². The van der Waals surface area contributed by atoms with Crippen LogP contribution < -0.4 is 5.73 Å². The van der Waals surface area contributed by atoms with Crippen LogP contribution in [0.1, 0.15) is 31.4 Å². The number of nitro groups is 1. The highest BCUT2D eigenvalue weighted by Crippen LogP contribution is 2.46. The second-order valence-electron chi connectivity index (χ2n) is 4.73. The summed E-state index contributed by atoms with van der Waals surface area (Å²) in [7, 11) is 0. The van der Waals surface area contributed by atoms with Crippen molar-refractivity contribution in [2.75, 3.05) is 6.54 Å². The summed E-state index contributed by atoms with van der Waals surface area (Å²) in [6.45, 7) is 0.0894. The second-order valence-corrected chi connectivity index (χ2v) is 4.73. The van der Waals surface area contributed by atoms with Gasteiger partial charge in [-0.15, -0.1) is 0 Å². The summed E-state index contributed by atoms with van der Waals surface area (Å²) in [6.07, 6.45) is 0.735. The average Bonchev–Trinajstić information content (AvgIpc) is 2.79. The Bertz CT molecular complexity index is 450. The maximum atomic E-state index is 13.2. The molecule has 2 rings (SSSR count). The number of aromatic nitrogens is 2. The smallest absolute Gasteiger partial charge is 0.310 e. The molecule has 100 valence electrons. The van der Waals surface area contributed by atoms with Crippen molar-refractivity contribution in [2.24, 2.45) is 5.73 Å². The average molecular weight is 260 g/mol. The minimum atomic E-state index is -2.70. The van der Waals surface area contributed by atoms with Crippen molar-refractivity contribution in [1.29, 1.82) is 0 Å². The van der Waals surface area contributed by atoms with Crippen LogP contribution in [-0.2, 0) is 5.41 Å². The summed E-state index contributed by atoms with van der Waals surface area (Å²) in [6, 6.07) is 0. The largest absolute Gasteiger partial charge is 0.330 e. The Morgan fingerprint density at radius 3 is 2.56 bits per heavy atom. The van der Waals surface area contributed by atoms with Crippen molar-refractivity contribution in [3.05, 3.63) is 22.0 Å². The maximum Gasteiger partial charge on any atom is 0.310 e. The predicted octanol–water partition coefficient (Wildman–Crippen LogP) is 1.72. The summed E-state index contributed by atoms with van der Waals surface area (Å²) >= 11 is 0. The van der Waals surface area contributed by atoms with Crippen LogP contribution in [0.3, 0.4) is 0 Å². The van der Waals surface area contributed by atoms with Gasteiger partial charge in [-0.1, -0.05) is 0 Å². The first-order valence-electron chi connectivity index (χ1n) is 5.66. The molecule has 1 aromatic heterocycles. The number of aromatic amines is 1. The molecule has 1 heterocycles. The van der Waals surface area contributed by atoms with Gasteiger partial charge in [0.1, 0.15) is 11.9 Å². The monoisotopic (exact) mass is 260 g/mol. The van der Waals surface area contributed by atoms with Crippen LogP contribution in [0.5, 0.6) is 0 Å². The van der Waals surface area contributed by atoms with Gasteiger partial charge in [-0.3, -0.25) is 15.2 Å². The van der Waals surface area contributed by atoms with Crippen LogP contribution in [0, 0.1) is 10.1 Å². The fourth-order valence-corrected chi connectivity index (χ4v) is 2.46. The molecule has 1 fully saturated rings. The molecule has 1 saturated carbocycles. The van der Waals surface area contributed by atoms with E-state index < -0.39 is 16.3 Å². The van der Waals surface area contributed by atoms with Crippen LogP contribution >= 0.6 is 0 Å². The van der Waals surface area contributed by atoms with Gasteiger partial charge in [0.25, 0.3) is 0 Å². The normalized spacial score (nSPS) is 21.7. The van der Waals surface area contributed by atoms with Crippen LogP contribution in [0.4, 0.5) is 14.5 Å². The number of nitrogens with zero attached hydrogens (tertiary/aromatic N) is 2. The van der Waals surface area contributed by atoms with Crippen molar-refractivity contribution in [1.82, 2.24) is 10.2 Å². The standard InChI is InChI=1S/C10H14F2N4O2/c11-10(12)3-1-9(6-13,2-4-10)8-7(16(17)18)5-14-15-8/h5H,1-4,6,13H2,(H,14,15). The molecule has 0 amide bonds. The van der Waals surface area contributed by atoms with E-state index in [9.17, 15) is 18.9 Å². The fourth-order valence-electron chi connectivity index (χ4n) is 2.46. The van der Waals surface area contributed by atoms with E-state index in [4.69, 9.17) is 5.73 Å². The van der Waals surface area contributed by atoms with Gasteiger partial charge in [0, 0.05) is 24.8 Å². The summed E-state index contributed by atoms with van der Waals surface area (Å²) in [5.41, 5.74) is 4.97. The van der Waals surface area contributed by atoms with Crippen molar-refractivity contribution in [3.8, 4) is 0 Å². The molecule has 1 aliphatic carbocycles. The SMILES string of the molecule is NCC1(c2[nH]ncc2[N+](=O)[O-])CCC(F)(F)CC1. The molecule has 0 aliphatic heterocycles. The van der Waals surface area contributed by atoms with Crippen molar-refractivity contribution in [3.63, 3.8) is 0 Å². The summed E-state index contributed by atoms with van der Waals surface area (Å²) in [4.78, 5) is 10.3. The summed E-state index contributed by atoms with van der Waals surface area (Å²) in [5, 5.41) is 17.1. The highest BCUT2D eigenvalue weighted by Gasteiger charge is 2.47. The van der Waals surface area contributed by atoms with Gasteiger partial charge < -0.3 is 5.73 Å². The zero-order chi connectivity index (χ0) is 13.4. The molecule has 0 spiro atoms. The number of nitrogens with one attached hydrogen (secondary N) is 1. The predicted molar refractivity (Wildman–Crippen MR) is 59.4 cm³/mol. The molecular weight excluding hydrogens is 246 g/mol. The molecule has 0 unspecified atom stereocenters. The van der Waals surface area contributed by atoms with Gasteiger partial charge in [-0.2, -0.15) is 5.10 Å². The first-order chi connectivity index (χ1) is 8.40. The minimum Gasteiger partial charge on any atom is -0.330 e. The zero-order valence-electron chi connectivity index (χ0n) is 9.66. The molecule has 0 radical (unpaired) electrons. The Morgan fingerprint density at radius 2 is 2.06 bits per heavy atom. The molecule has 1 aliphatic rings. The Labute approximate surface area is 102 Å². The van der Waals surface area contributed by atoms with E-state index in [2.05, 4.69) is 10.2 Å². The van der Waals surface area contributed by atoms with Crippen LogP contribution in [0.25, 0.3) is 0 Å². The van der Waals surface area contributed by atoms with Crippen LogP contribution in [0.2, 0.25) is 0 Å². The summed E-state index contributed by atoms with van der Waals surface area (Å²) in [5.74, 6) is -2.70. The molecule has 0 bridgehead atoms. The quantitative estimate of drug-likeness (QED) is 0.638. The first kappa shape index (κ1) is 12.9. The molecule has 6 nitrogen and oxygen atoms in total. The van der Waals surface area contributed by atoms with E-state index in [-0.39, 0.29) is 43.6 Å². The highest BCUT2D eigenvalue weighted by atomic mass is 19.3. The van der Waals surface area contributed by atoms with E-state index in [0.717, 1.165) is 6.20 Å². The third kappa shape index (κ3) is 2.07. The minimum absolute atomic E-state index is 0.0894. The van der Waals surface area contributed by atoms with E-state index in [1.165, 1.54) is 0 Å². The Hall–Kier alpha value is -1.57. The molecule has 3 N–H and O–H groups in total. The van der Waals surface area contributed by atoms with Gasteiger partial charge in [0.05, 0.1) is 4.92 Å². The fraction of sp³-hybridized carbons (Fsp3) is 0.700. The molecular formula is C10H14F2N4O2. The molecule has 0 atom stereocenters. The lowest BCUT2D eigenvalue weighted by molar-refractivity contribution is -0.386. The van der Waals surface area contributed by atoms with Crippen LogP contribution in [-0.4, -0.2) is 27.6 Å². The van der Waals surface area contributed by atoms with E-state index >= 15 is 0 Å². The lowest BCUT2D eigenvalue weighted by Crippen LogP contribution is -2.42. The van der Waals surface area contributed by atoms with Gasteiger partial charge in [0.15, 0.2) is 0 Å². The molecule has 0 saturated heterocycles. The highest BCUT2D eigenvalue weighted by molar-refractivity contribution is 5.39. The second kappa shape index (κ2) is 4.27. The number of alkyl halides is 2. The molecule has 1 aromatic rings. The molecule has 0 aromatic carbocycles. The lowest BCUT2D eigenvalue weighted by Gasteiger charge is -2.37. The number of hydrogen-bond acceptors (Lipinski definition) is 4. The van der Waals surface area contributed by atoms with Crippen LogP contribution in [0.15, 0.2) is 6.20 Å².